The van der Waals surface area contributed by atoms with Crippen molar-refractivity contribution in [2.75, 3.05) is 31.6 Å². The molecule has 0 bridgehead atoms. The lowest BCUT2D eigenvalue weighted by molar-refractivity contribution is 0.316. The lowest BCUT2D eigenvalue weighted by Crippen LogP contribution is -2.21. The van der Waals surface area contributed by atoms with Gasteiger partial charge >= 0.3 is 0 Å². The number of hydrogen-bond donors (Lipinski definition) is 0. The molecule has 2 saturated heterocycles. The average Bonchev–Trinajstić information content (AvgIpc) is 3.00. The largest absolute Gasteiger partial charge is 0.357 e. The van der Waals surface area contributed by atoms with Crippen LogP contribution in [0.25, 0.3) is 0 Å². The van der Waals surface area contributed by atoms with E-state index in [1.54, 1.807) is 0 Å². The second kappa shape index (κ2) is 4.88. The Hall–Kier alpha value is -1.09. The van der Waals surface area contributed by atoms with Gasteiger partial charge in [-0.2, -0.15) is 0 Å². The summed E-state index contributed by atoms with van der Waals surface area (Å²) in [5, 5.41) is 0. The monoisotopic (exact) mass is 245 g/mol. The Bertz CT molecular complexity index is 424. The summed E-state index contributed by atoms with van der Waals surface area (Å²) in [7, 11) is 2.23. The fourth-order valence-electron chi connectivity index (χ4n) is 3.34. The maximum atomic E-state index is 4.83. The molecule has 2 aliphatic rings. The van der Waals surface area contributed by atoms with Crippen LogP contribution in [-0.4, -0.2) is 36.6 Å². The number of likely N-dealkylation sites (tertiary alicyclic amines) is 1. The smallest absolute Gasteiger partial charge is 0.128 e. The van der Waals surface area contributed by atoms with Gasteiger partial charge in [0.1, 0.15) is 5.82 Å². The van der Waals surface area contributed by atoms with E-state index in [4.69, 9.17) is 4.98 Å². The zero-order valence-corrected chi connectivity index (χ0v) is 11.5. The molecule has 3 rings (SSSR count). The summed E-state index contributed by atoms with van der Waals surface area (Å²) in [6, 6.07) is 5.12. The van der Waals surface area contributed by atoms with E-state index in [1.165, 1.54) is 62.4 Å². The molecule has 0 radical (unpaired) electrons. The van der Waals surface area contributed by atoms with Crippen LogP contribution >= 0.6 is 0 Å². The van der Waals surface area contributed by atoms with Gasteiger partial charge in [0.15, 0.2) is 0 Å². The highest BCUT2D eigenvalue weighted by Crippen LogP contribution is 2.32. The molecule has 3 nitrogen and oxygen atoms in total. The van der Waals surface area contributed by atoms with E-state index in [2.05, 4.69) is 35.9 Å². The molecule has 3 heterocycles. The maximum absolute atomic E-state index is 4.83. The first-order chi connectivity index (χ1) is 8.75. The first-order valence-corrected chi connectivity index (χ1v) is 7.18. The van der Waals surface area contributed by atoms with Crippen molar-refractivity contribution >= 4 is 5.82 Å². The number of rotatable bonds is 2. The summed E-state index contributed by atoms with van der Waals surface area (Å²) in [4.78, 5) is 9.70. The molecule has 3 heteroatoms. The van der Waals surface area contributed by atoms with Crippen molar-refractivity contribution in [3.63, 3.8) is 0 Å². The number of aryl methyl sites for hydroxylation is 1. The molecule has 0 aromatic carbocycles. The van der Waals surface area contributed by atoms with Crippen molar-refractivity contribution in [2.45, 2.75) is 38.6 Å². The van der Waals surface area contributed by atoms with Crippen molar-refractivity contribution in [1.82, 2.24) is 9.88 Å². The Kier molecular flexibility index (Phi) is 3.25. The molecule has 0 spiro atoms. The third-order valence-electron chi connectivity index (χ3n) is 4.42. The van der Waals surface area contributed by atoms with Gasteiger partial charge < -0.3 is 4.90 Å². The molecule has 1 aromatic rings. The topological polar surface area (TPSA) is 19.4 Å². The standard InChI is InChI=1S/C15H23N3/c1-12-13(14-6-5-9-17(14)2)7-8-15(16-12)18-10-3-4-11-18/h7-8,14H,3-6,9-11H2,1-2H3/t14-/m1/s1. The summed E-state index contributed by atoms with van der Waals surface area (Å²) in [6.07, 6.45) is 5.22. The van der Waals surface area contributed by atoms with E-state index in [0.717, 1.165) is 0 Å². The van der Waals surface area contributed by atoms with Gasteiger partial charge in [0, 0.05) is 24.8 Å². The van der Waals surface area contributed by atoms with Crippen LogP contribution in [-0.2, 0) is 0 Å². The van der Waals surface area contributed by atoms with Crippen LogP contribution in [0.4, 0.5) is 5.82 Å². The minimum Gasteiger partial charge on any atom is -0.357 e. The summed E-state index contributed by atoms with van der Waals surface area (Å²) in [6.45, 7) is 5.74. The fraction of sp³-hybridized carbons (Fsp3) is 0.667. The highest BCUT2D eigenvalue weighted by atomic mass is 15.2. The molecule has 98 valence electrons. The molecule has 18 heavy (non-hydrogen) atoms. The number of nitrogens with zero attached hydrogens (tertiary/aromatic N) is 3. The third kappa shape index (κ3) is 2.12. The van der Waals surface area contributed by atoms with E-state index >= 15 is 0 Å². The van der Waals surface area contributed by atoms with Crippen molar-refractivity contribution in [1.29, 1.82) is 0 Å². The molecule has 0 aliphatic carbocycles. The molecule has 0 amide bonds. The summed E-state index contributed by atoms with van der Waals surface area (Å²) in [5.41, 5.74) is 2.65. The highest BCUT2D eigenvalue weighted by Gasteiger charge is 2.25. The van der Waals surface area contributed by atoms with Crippen LogP contribution < -0.4 is 4.90 Å². The van der Waals surface area contributed by atoms with Crippen LogP contribution in [0.2, 0.25) is 0 Å². The molecular weight excluding hydrogens is 222 g/mol. The zero-order valence-electron chi connectivity index (χ0n) is 11.5. The lowest BCUT2D eigenvalue weighted by atomic mass is 10.0. The Labute approximate surface area is 110 Å². The van der Waals surface area contributed by atoms with E-state index < -0.39 is 0 Å². The molecular formula is C15H23N3. The quantitative estimate of drug-likeness (QED) is 0.798. The fourth-order valence-corrected chi connectivity index (χ4v) is 3.34. The van der Waals surface area contributed by atoms with Gasteiger partial charge in [-0.15, -0.1) is 0 Å². The Morgan fingerprint density at radius 3 is 2.50 bits per heavy atom. The first kappa shape index (κ1) is 12.0. The molecule has 0 N–H and O–H groups in total. The van der Waals surface area contributed by atoms with Gasteiger partial charge in [-0.25, -0.2) is 4.98 Å². The summed E-state index contributed by atoms with van der Waals surface area (Å²) in [5.74, 6) is 1.18. The SMILES string of the molecule is Cc1nc(N2CCCC2)ccc1[C@H]1CCCN1C. The van der Waals surface area contributed by atoms with Crippen molar-refractivity contribution in [3.8, 4) is 0 Å². The van der Waals surface area contributed by atoms with Gasteiger partial charge in [-0.3, -0.25) is 4.90 Å². The van der Waals surface area contributed by atoms with Crippen LogP contribution in [0.5, 0.6) is 0 Å². The molecule has 2 aliphatic heterocycles. The molecule has 0 unspecified atom stereocenters. The maximum Gasteiger partial charge on any atom is 0.128 e. The van der Waals surface area contributed by atoms with Crippen LogP contribution in [0.1, 0.15) is 43.0 Å². The molecule has 0 saturated carbocycles. The Balaban J connectivity index is 1.84. The van der Waals surface area contributed by atoms with Gasteiger partial charge in [0.25, 0.3) is 0 Å². The average molecular weight is 245 g/mol. The highest BCUT2D eigenvalue weighted by molar-refractivity contribution is 5.43. The number of aromatic nitrogens is 1. The van der Waals surface area contributed by atoms with Crippen LogP contribution in [0.3, 0.4) is 0 Å². The van der Waals surface area contributed by atoms with Gasteiger partial charge in [-0.1, -0.05) is 6.07 Å². The van der Waals surface area contributed by atoms with Crippen molar-refractivity contribution < 1.29 is 0 Å². The Morgan fingerprint density at radius 1 is 1.11 bits per heavy atom. The van der Waals surface area contributed by atoms with Crippen LogP contribution in [0.15, 0.2) is 12.1 Å². The second-order valence-corrected chi connectivity index (χ2v) is 5.68. The summed E-state index contributed by atoms with van der Waals surface area (Å²) >= 11 is 0. The van der Waals surface area contributed by atoms with Gasteiger partial charge in [0.2, 0.25) is 0 Å². The molecule has 2 fully saturated rings. The minimum atomic E-state index is 0.588. The Morgan fingerprint density at radius 2 is 1.89 bits per heavy atom. The van der Waals surface area contributed by atoms with Crippen LogP contribution in [0, 0.1) is 6.92 Å². The normalized spacial score (nSPS) is 25.0. The molecule has 1 atom stereocenters. The third-order valence-corrected chi connectivity index (χ3v) is 4.42. The van der Waals surface area contributed by atoms with Crippen molar-refractivity contribution in [3.05, 3.63) is 23.4 Å². The van der Waals surface area contributed by atoms with Gasteiger partial charge in [-0.05, 0) is 57.8 Å². The van der Waals surface area contributed by atoms with Crippen molar-refractivity contribution in [2.24, 2.45) is 0 Å². The number of pyridine rings is 1. The predicted octanol–water partition coefficient (Wildman–Crippen LogP) is 2.76. The van der Waals surface area contributed by atoms with E-state index in [9.17, 15) is 0 Å². The van der Waals surface area contributed by atoms with Gasteiger partial charge in [0.05, 0.1) is 0 Å². The zero-order chi connectivity index (χ0) is 12.5. The number of anilines is 1. The predicted molar refractivity (Wildman–Crippen MR) is 75.0 cm³/mol. The van der Waals surface area contributed by atoms with E-state index in [-0.39, 0.29) is 0 Å². The van der Waals surface area contributed by atoms with E-state index in [0.29, 0.717) is 6.04 Å². The molecule has 1 aromatic heterocycles. The number of hydrogen-bond acceptors (Lipinski definition) is 3. The summed E-state index contributed by atoms with van der Waals surface area (Å²) < 4.78 is 0. The first-order valence-electron chi connectivity index (χ1n) is 7.18. The second-order valence-electron chi connectivity index (χ2n) is 5.68. The lowest BCUT2D eigenvalue weighted by Gasteiger charge is -2.23. The minimum absolute atomic E-state index is 0.588. The van der Waals surface area contributed by atoms with E-state index in [1.807, 2.05) is 0 Å².